The molecule has 0 radical (unpaired) electrons. The third-order valence-corrected chi connectivity index (χ3v) is 2.85. The Balaban J connectivity index is 2.95. The number of halogens is 2. The number of hydrogen-bond donors (Lipinski definition) is 1. The van der Waals surface area contributed by atoms with Crippen LogP contribution < -0.4 is 5.73 Å². The highest BCUT2D eigenvalue weighted by Gasteiger charge is 2.14. The first-order valence-corrected chi connectivity index (χ1v) is 5.60. The molecule has 0 amide bonds. The predicted octanol–water partition coefficient (Wildman–Crippen LogP) is 2.60. The van der Waals surface area contributed by atoms with Crippen molar-refractivity contribution in [1.29, 1.82) is 0 Å². The van der Waals surface area contributed by atoms with Gasteiger partial charge in [0, 0.05) is 29.1 Å². The Hall–Kier alpha value is -0.280. The molecule has 1 atom stereocenters. The minimum atomic E-state index is 0.228. The Morgan fingerprint density at radius 2 is 2.00 bits per heavy atom. The largest absolute Gasteiger partial charge is 0.330 e. The molecule has 1 unspecified atom stereocenters. The fourth-order valence-corrected chi connectivity index (χ4v) is 2.02. The molecule has 0 aliphatic rings. The molecule has 0 saturated carbocycles. The maximum Gasteiger partial charge on any atom is 0.0442 e. The molecule has 0 fully saturated rings. The van der Waals surface area contributed by atoms with Crippen LogP contribution in [-0.2, 0) is 0 Å². The molecule has 0 aromatic heterocycles. The number of likely N-dealkylation sites (N-methyl/N-ethyl adjacent to an activating group) is 1. The lowest BCUT2D eigenvalue weighted by Gasteiger charge is -2.21. The Morgan fingerprint density at radius 1 is 1.33 bits per heavy atom. The zero-order valence-electron chi connectivity index (χ0n) is 9.00. The van der Waals surface area contributed by atoms with Gasteiger partial charge in [0.25, 0.3) is 0 Å². The van der Waals surface area contributed by atoms with Crippen LogP contribution in [0.5, 0.6) is 0 Å². The molecule has 84 valence electrons. The first-order valence-electron chi connectivity index (χ1n) is 4.84. The minimum Gasteiger partial charge on any atom is -0.330 e. The van der Waals surface area contributed by atoms with Gasteiger partial charge in [-0.3, -0.25) is 0 Å². The zero-order chi connectivity index (χ0) is 11.4. The molecule has 0 spiro atoms. The van der Waals surface area contributed by atoms with Crippen LogP contribution in [0.3, 0.4) is 0 Å². The summed E-state index contributed by atoms with van der Waals surface area (Å²) >= 11 is 12.1. The summed E-state index contributed by atoms with van der Waals surface area (Å²) in [6.07, 6.45) is 0. The van der Waals surface area contributed by atoms with Gasteiger partial charge >= 0.3 is 0 Å². The van der Waals surface area contributed by atoms with Gasteiger partial charge in [0.15, 0.2) is 0 Å². The summed E-state index contributed by atoms with van der Waals surface area (Å²) in [7, 11) is 4.03. The third-order valence-electron chi connectivity index (χ3n) is 2.27. The predicted molar refractivity (Wildman–Crippen MR) is 66.8 cm³/mol. The maximum absolute atomic E-state index is 6.12. The lowest BCUT2D eigenvalue weighted by atomic mass is 9.99. The average molecular weight is 247 g/mol. The third kappa shape index (κ3) is 3.65. The van der Waals surface area contributed by atoms with Crippen molar-refractivity contribution in [3.63, 3.8) is 0 Å². The van der Waals surface area contributed by atoms with Crippen molar-refractivity contribution >= 4 is 23.2 Å². The lowest BCUT2D eigenvalue weighted by molar-refractivity contribution is 0.375. The van der Waals surface area contributed by atoms with E-state index in [9.17, 15) is 0 Å². The molecule has 0 saturated heterocycles. The summed E-state index contributed by atoms with van der Waals surface area (Å²) in [6.45, 7) is 1.44. The lowest BCUT2D eigenvalue weighted by Crippen LogP contribution is -2.26. The van der Waals surface area contributed by atoms with Crippen LogP contribution in [0.25, 0.3) is 0 Å². The standard InChI is InChI=1S/C11H16Cl2N2/c1-15(2)7-8(6-14)10-5-9(12)3-4-11(10)13/h3-5,8H,6-7,14H2,1-2H3. The van der Waals surface area contributed by atoms with Crippen LogP contribution in [0.4, 0.5) is 0 Å². The first-order chi connectivity index (χ1) is 7.04. The van der Waals surface area contributed by atoms with Crippen LogP contribution in [-0.4, -0.2) is 32.1 Å². The summed E-state index contributed by atoms with van der Waals surface area (Å²) in [5.41, 5.74) is 6.77. The Morgan fingerprint density at radius 3 is 2.53 bits per heavy atom. The topological polar surface area (TPSA) is 29.3 Å². The number of rotatable bonds is 4. The van der Waals surface area contributed by atoms with Crippen LogP contribution in [0.1, 0.15) is 11.5 Å². The van der Waals surface area contributed by atoms with Gasteiger partial charge < -0.3 is 10.6 Å². The molecule has 2 nitrogen and oxygen atoms in total. The van der Waals surface area contributed by atoms with E-state index >= 15 is 0 Å². The van der Waals surface area contributed by atoms with E-state index in [-0.39, 0.29) is 5.92 Å². The summed E-state index contributed by atoms with van der Waals surface area (Å²) in [4.78, 5) is 2.09. The summed E-state index contributed by atoms with van der Waals surface area (Å²) < 4.78 is 0. The van der Waals surface area contributed by atoms with Crippen LogP contribution in [0.15, 0.2) is 18.2 Å². The Bertz CT molecular complexity index is 326. The van der Waals surface area contributed by atoms with E-state index in [4.69, 9.17) is 28.9 Å². The van der Waals surface area contributed by atoms with Gasteiger partial charge in [-0.05, 0) is 37.9 Å². The summed E-state index contributed by atoms with van der Waals surface area (Å²) in [6, 6.07) is 5.50. The fourth-order valence-electron chi connectivity index (χ4n) is 1.57. The molecule has 1 aromatic rings. The van der Waals surface area contributed by atoms with Crippen molar-refractivity contribution in [1.82, 2.24) is 4.90 Å². The molecule has 0 aliphatic carbocycles. The number of hydrogen-bond acceptors (Lipinski definition) is 2. The smallest absolute Gasteiger partial charge is 0.0442 e. The van der Waals surface area contributed by atoms with Gasteiger partial charge in [0.05, 0.1) is 0 Å². The van der Waals surface area contributed by atoms with E-state index < -0.39 is 0 Å². The zero-order valence-corrected chi connectivity index (χ0v) is 10.5. The van der Waals surface area contributed by atoms with Crippen LogP contribution in [0, 0.1) is 0 Å². The second-order valence-electron chi connectivity index (χ2n) is 3.86. The van der Waals surface area contributed by atoms with Gasteiger partial charge in [0.2, 0.25) is 0 Å². The number of nitrogens with zero attached hydrogens (tertiary/aromatic N) is 1. The monoisotopic (exact) mass is 246 g/mol. The second-order valence-corrected chi connectivity index (χ2v) is 4.70. The molecular weight excluding hydrogens is 231 g/mol. The number of nitrogens with two attached hydrogens (primary N) is 1. The van der Waals surface area contributed by atoms with Crippen LogP contribution >= 0.6 is 23.2 Å². The van der Waals surface area contributed by atoms with E-state index in [1.54, 1.807) is 6.07 Å². The highest BCUT2D eigenvalue weighted by atomic mass is 35.5. The van der Waals surface area contributed by atoms with Gasteiger partial charge in [0.1, 0.15) is 0 Å². The molecule has 0 heterocycles. The van der Waals surface area contributed by atoms with Crippen molar-refractivity contribution in [3.05, 3.63) is 33.8 Å². The maximum atomic E-state index is 6.12. The highest BCUT2D eigenvalue weighted by molar-refractivity contribution is 6.33. The number of benzene rings is 1. The minimum absolute atomic E-state index is 0.228. The van der Waals surface area contributed by atoms with Crippen molar-refractivity contribution in [3.8, 4) is 0 Å². The molecule has 15 heavy (non-hydrogen) atoms. The van der Waals surface area contributed by atoms with Gasteiger partial charge in [-0.25, -0.2) is 0 Å². The van der Waals surface area contributed by atoms with Gasteiger partial charge in [-0.1, -0.05) is 23.2 Å². The fraction of sp³-hybridized carbons (Fsp3) is 0.455. The first kappa shape index (κ1) is 12.8. The molecule has 4 heteroatoms. The summed E-state index contributed by atoms with van der Waals surface area (Å²) in [5, 5.41) is 1.43. The van der Waals surface area contributed by atoms with E-state index in [1.165, 1.54) is 0 Å². The van der Waals surface area contributed by atoms with Crippen molar-refractivity contribution in [2.75, 3.05) is 27.2 Å². The highest BCUT2D eigenvalue weighted by Crippen LogP contribution is 2.27. The Labute approximate surface area is 101 Å². The van der Waals surface area contributed by atoms with Gasteiger partial charge in [-0.2, -0.15) is 0 Å². The molecule has 0 bridgehead atoms. The Kier molecular flexibility index (Phi) is 4.87. The quantitative estimate of drug-likeness (QED) is 0.886. The normalized spacial score (nSPS) is 13.2. The molecular formula is C11H16Cl2N2. The molecule has 0 aliphatic heterocycles. The van der Waals surface area contributed by atoms with E-state index in [0.717, 1.165) is 17.1 Å². The molecule has 1 aromatic carbocycles. The molecule has 2 N–H and O–H groups in total. The van der Waals surface area contributed by atoms with Crippen molar-refractivity contribution in [2.45, 2.75) is 5.92 Å². The van der Waals surface area contributed by atoms with Crippen molar-refractivity contribution < 1.29 is 0 Å². The average Bonchev–Trinajstić information content (AvgIpc) is 2.18. The van der Waals surface area contributed by atoms with Gasteiger partial charge in [-0.15, -0.1) is 0 Å². The van der Waals surface area contributed by atoms with E-state index in [1.807, 2.05) is 26.2 Å². The summed E-state index contributed by atoms with van der Waals surface area (Å²) in [5.74, 6) is 0.228. The van der Waals surface area contributed by atoms with E-state index in [0.29, 0.717) is 11.6 Å². The molecule has 1 rings (SSSR count). The SMILES string of the molecule is CN(C)CC(CN)c1cc(Cl)ccc1Cl. The van der Waals surface area contributed by atoms with Crippen LogP contribution in [0.2, 0.25) is 10.0 Å². The van der Waals surface area contributed by atoms with E-state index in [2.05, 4.69) is 4.90 Å². The van der Waals surface area contributed by atoms with Crippen molar-refractivity contribution in [2.24, 2.45) is 5.73 Å². The second kappa shape index (κ2) is 5.71.